The van der Waals surface area contributed by atoms with Crippen molar-refractivity contribution in [3.63, 3.8) is 0 Å². The van der Waals surface area contributed by atoms with Gasteiger partial charge in [-0.2, -0.15) is 0 Å². The number of ether oxygens (including phenoxy) is 1. The molecule has 0 bridgehead atoms. The fourth-order valence-corrected chi connectivity index (χ4v) is 2.43. The molecule has 0 heterocycles. The fourth-order valence-electron chi connectivity index (χ4n) is 2.43. The first-order valence-corrected chi connectivity index (χ1v) is 5.78. The van der Waals surface area contributed by atoms with Crippen molar-refractivity contribution in [1.29, 1.82) is 0 Å². The number of aliphatic hydroxyl groups excluding tert-OH is 2. The van der Waals surface area contributed by atoms with Gasteiger partial charge in [-0.25, -0.2) is 0 Å². The Morgan fingerprint density at radius 3 is 2.61 bits per heavy atom. The molecule has 1 aliphatic carbocycles. The highest BCUT2D eigenvalue weighted by molar-refractivity contribution is 6.01. The van der Waals surface area contributed by atoms with E-state index in [9.17, 15) is 20.1 Å². The first kappa shape index (κ1) is 12.9. The van der Waals surface area contributed by atoms with Gasteiger partial charge in [0.1, 0.15) is 0 Å². The van der Waals surface area contributed by atoms with Crippen LogP contribution in [-0.2, 0) is 6.42 Å². The molecule has 1 aromatic carbocycles. The molecule has 0 aliphatic heterocycles. The van der Waals surface area contributed by atoms with Crippen LogP contribution in [-0.4, -0.2) is 41.4 Å². The fraction of sp³-hybridized carbons (Fsp3) is 0.462. The third-order valence-corrected chi connectivity index (χ3v) is 3.49. The van der Waals surface area contributed by atoms with E-state index in [0.717, 1.165) is 5.56 Å². The zero-order valence-corrected chi connectivity index (χ0v) is 10.1. The summed E-state index contributed by atoms with van der Waals surface area (Å²) in [6.45, 7) is -0.449. The van der Waals surface area contributed by atoms with E-state index >= 15 is 0 Å². The Kier molecular flexibility index (Phi) is 3.54. The molecule has 2 atom stereocenters. The Balaban J connectivity index is 2.48. The Morgan fingerprint density at radius 1 is 1.33 bits per heavy atom. The van der Waals surface area contributed by atoms with Gasteiger partial charge in [0.2, 0.25) is 0 Å². The molecule has 2 unspecified atom stereocenters. The first-order chi connectivity index (χ1) is 8.62. The molecule has 0 spiro atoms. The molecule has 0 fully saturated rings. The Bertz CT molecular complexity index is 469. The molecule has 0 saturated carbocycles. The maximum absolute atomic E-state index is 12.1. The number of hydrogen-bond donors (Lipinski definition) is 3. The number of phenols is 1. The number of carbonyl (C=O) groups excluding carboxylic acids is 1. The number of benzene rings is 1. The highest BCUT2D eigenvalue weighted by Gasteiger charge is 2.35. The number of methoxy groups -OCH3 is 1. The van der Waals surface area contributed by atoms with Gasteiger partial charge < -0.3 is 20.1 Å². The van der Waals surface area contributed by atoms with Crippen LogP contribution < -0.4 is 4.74 Å². The highest BCUT2D eigenvalue weighted by Crippen LogP contribution is 2.36. The SMILES string of the molecule is COc1cc2c(cc1O)C(=O)C(CO)C(CO)C2. The van der Waals surface area contributed by atoms with Crippen LogP contribution in [0.4, 0.5) is 0 Å². The van der Waals surface area contributed by atoms with Crippen LogP contribution in [0.15, 0.2) is 12.1 Å². The van der Waals surface area contributed by atoms with Gasteiger partial charge in [0.25, 0.3) is 0 Å². The number of Topliss-reactive ketones (excluding diaryl/α,β-unsaturated/α-hetero) is 1. The van der Waals surface area contributed by atoms with Crippen molar-refractivity contribution < 1.29 is 24.9 Å². The minimum Gasteiger partial charge on any atom is -0.504 e. The standard InChI is InChI=1S/C13H16O5/c1-18-12-3-7-2-8(5-14)10(6-15)13(17)9(7)4-11(12)16/h3-4,8,10,14-16H,2,5-6H2,1H3. The van der Waals surface area contributed by atoms with Crippen molar-refractivity contribution in [1.82, 2.24) is 0 Å². The summed E-state index contributed by atoms with van der Waals surface area (Å²) in [4.78, 5) is 12.1. The second-order valence-corrected chi connectivity index (χ2v) is 4.48. The van der Waals surface area contributed by atoms with Gasteiger partial charge in [0.15, 0.2) is 17.3 Å². The van der Waals surface area contributed by atoms with Gasteiger partial charge in [-0.05, 0) is 30.0 Å². The van der Waals surface area contributed by atoms with Gasteiger partial charge in [-0.15, -0.1) is 0 Å². The summed E-state index contributed by atoms with van der Waals surface area (Å²) in [7, 11) is 1.44. The van der Waals surface area contributed by atoms with Crippen LogP contribution in [0.25, 0.3) is 0 Å². The Morgan fingerprint density at radius 2 is 2.06 bits per heavy atom. The molecule has 5 nitrogen and oxygen atoms in total. The molecule has 2 rings (SSSR count). The van der Waals surface area contributed by atoms with Crippen LogP contribution >= 0.6 is 0 Å². The van der Waals surface area contributed by atoms with Gasteiger partial charge in [0.05, 0.1) is 19.6 Å². The van der Waals surface area contributed by atoms with E-state index in [2.05, 4.69) is 0 Å². The van der Waals surface area contributed by atoms with Crippen LogP contribution in [0, 0.1) is 11.8 Å². The molecular weight excluding hydrogens is 236 g/mol. The maximum atomic E-state index is 12.1. The van der Waals surface area contributed by atoms with Crippen LogP contribution in [0.1, 0.15) is 15.9 Å². The van der Waals surface area contributed by atoms with E-state index in [-0.39, 0.29) is 30.7 Å². The second kappa shape index (κ2) is 4.96. The van der Waals surface area contributed by atoms with Gasteiger partial charge in [0, 0.05) is 12.2 Å². The molecule has 3 N–H and O–H groups in total. The minimum atomic E-state index is -0.602. The Labute approximate surface area is 105 Å². The molecule has 1 aromatic rings. The lowest BCUT2D eigenvalue weighted by Crippen LogP contribution is -2.36. The second-order valence-electron chi connectivity index (χ2n) is 4.48. The van der Waals surface area contributed by atoms with Crippen LogP contribution in [0.2, 0.25) is 0 Å². The topological polar surface area (TPSA) is 87.0 Å². The molecule has 0 radical (unpaired) electrons. The number of phenolic OH excluding ortho intramolecular Hbond substituents is 1. The van der Waals surface area contributed by atoms with Crippen molar-refractivity contribution in [3.05, 3.63) is 23.3 Å². The molecule has 0 aromatic heterocycles. The third kappa shape index (κ3) is 1.95. The van der Waals surface area contributed by atoms with Crippen LogP contribution in [0.5, 0.6) is 11.5 Å². The molecule has 0 saturated heterocycles. The molecule has 1 aliphatic rings. The molecule has 5 heteroatoms. The zero-order chi connectivity index (χ0) is 13.3. The third-order valence-electron chi connectivity index (χ3n) is 3.49. The molecule has 98 valence electrons. The predicted molar refractivity (Wildman–Crippen MR) is 63.8 cm³/mol. The monoisotopic (exact) mass is 252 g/mol. The normalized spacial score (nSPS) is 22.7. The lowest BCUT2D eigenvalue weighted by molar-refractivity contribution is 0.0665. The summed E-state index contributed by atoms with van der Waals surface area (Å²) in [5.74, 6) is -0.917. The van der Waals surface area contributed by atoms with Crippen molar-refractivity contribution >= 4 is 5.78 Å². The zero-order valence-electron chi connectivity index (χ0n) is 10.1. The number of hydrogen-bond acceptors (Lipinski definition) is 5. The van der Waals surface area contributed by atoms with Crippen molar-refractivity contribution in [3.8, 4) is 11.5 Å². The number of carbonyl (C=O) groups is 1. The van der Waals surface area contributed by atoms with Crippen molar-refractivity contribution in [2.75, 3.05) is 20.3 Å². The van der Waals surface area contributed by atoms with E-state index in [4.69, 9.17) is 4.74 Å². The summed E-state index contributed by atoms with van der Waals surface area (Å²) >= 11 is 0. The number of fused-ring (bicyclic) bond motifs is 1. The average Bonchev–Trinajstić information content (AvgIpc) is 2.38. The quantitative estimate of drug-likeness (QED) is 0.723. The summed E-state index contributed by atoms with van der Waals surface area (Å²) in [6.07, 6.45) is 0.486. The van der Waals surface area contributed by atoms with E-state index in [1.54, 1.807) is 6.07 Å². The van der Waals surface area contributed by atoms with E-state index in [1.807, 2.05) is 0 Å². The van der Waals surface area contributed by atoms with E-state index in [1.165, 1.54) is 13.2 Å². The maximum Gasteiger partial charge on any atom is 0.169 e. The molecule has 18 heavy (non-hydrogen) atoms. The van der Waals surface area contributed by atoms with Crippen molar-refractivity contribution in [2.45, 2.75) is 6.42 Å². The highest BCUT2D eigenvalue weighted by atomic mass is 16.5. The first-order valence-electron chi connectivity index (χ1n) is 5.78. The lowest BCUT2D eigenvalue weighted by Gasteiger charge is -2.29. The van der Waals surface area contributed by atoms with Gasteiger partial charge in [-0.1, -0.05) is 0 Å². The van der Waals surface area contributed by atoms with E-state index in [0.29, 0.717) is 17.7 Å². The van der Waals surface area contributed by atoms with Crippen LogP contribution in [0.3, 0.4) is 0 Å². The van der Waals surface area contributed by atoms with Gasteiger partial charge in [-0.3, -0.25) is 4.79 Å². The smallest absolute Gasteiger partial charge is 0.169 e. The molecular formula is C13H16O5. The number of rotatable bonds is 3. The van der Waals surface area contributed by atoms with Crippen molar-refractivity contribution in [2.24, 2.45) is 11.8 Å². The summed E-state index contributed by atoms with van der Waals surface area (Å²) in [5.41, 5.74) is 1.13. The Hall–Kier alpha value is -1.59. The number of aromatic hydroxyl groups is 1. The molecule has 0 amide bonds. The lowest BCUT2D eigenvalue weighted by atomic mass is 9.75. The van der Waals surface area contributed by atoms with Gasteiger partial charge >= 0.3 is 0 Å². The summed E-state index contributed by atoms with van der Waals surface area (Å²) < 4.78 is 5.00. The van der Waals surface area contributed by atoms with E-state index < -0.39 is 5.92 Å². The number of aliphatic hydroxyl groups is 2. The minimum absolute atomic E-state index is 0.0938. The predicted octanol–water partition coefficient (Wildman–Crippen LogP) is 0.357. The summed E-state index contributed by atoms with van der Waals surface area (Å²) in [5, 5.41) is 28.2. The average molecular weight is 252 g/mol. The number of ketones is 1. The summed E-state index contributed by atoms with van der Waals surface area (Å²) in [6, 6.07) is 2.98. The largest absolute Gasteiger partial charge is 0.504 e.